The molecule has 2 fully saturated rings. The number of nitrogens with one attached hydrogen (secondary N) is 2. The van der Waals surface area contributed by atoms with Gasteiger partial charge in [0.05, 0.1) is 5.52 Å². The Labute approximate surface area is 158 Å². The van der Waals surface area contributed by atoms with Crippen LogP contribution in [0.2, 0.25) is 0 Å². The van der Waals surface area contributed by atoms with Crippen molar-refractivity contribution in [3.63, 3.8) is 0 Å². The number of aromatic nitrogens is 2. The number of hydrogen-bond acceptors (Lipinski definition) is 3. The van der Waals surface area contributed by atoms with Crippen LogP contribution in [-0.2, 0) is 7.05 Å². The Kier molecular flexibility index (Phi) is 4.56. The number of carbonyl (C=O) groups excluding carboxylic acids is 1. The van der Waals surface area contributed by atoms with Crippen LogP contribution in [0.5, 0.6) is 0 Å². The zero-order valence-electron chi connectivity index (χ0n) is 15.2. The molecular formula is C19H25N5OS. The number of piperidine rings is 2. The molecule has 0 spiro atoms. The van der Waals surface area contributed by atoms with E-state index in [2.05, 4.69) is 20.6 Å². The molecule has 1 aromatic heterocycles. The zero-order valence-corrected chi connectivity index (χ0v) is 16.1. The van der Waals surface area contributed by atoms with Crippen molar-refractivity contribution in [1.29, 1.82) is 0 Å². The normalized spacial score (nSPS) is 25.2. The average molecular weight is 372 g/mol. The van der Waals surface area contributed by atoms with Gasteiger partial charge in [0.15, 0.2) is 10.8 Å². The van der Waals surface area contributed by atoms with E-state index in [1.807, 2.05) is 38.4 Å². The first-order chi connectivity index (χ1) is 12.6. The van der Waals surface area contributed by atoms with Gasteiger partial charge in [0.25, 0.3) is 5.91 Å². The number of benzene rings is 1. The van der Waals surface area contributed by atoms with Gasteiger partial charge in [-0.1, -0.05) is 18.2 Å². The number of nitrogens with zero attached hydrogens (tertiary/aromatic N) is 3. The molecule has 1 aromatic carbocycles. The summed E-state index contributed by atoms with van der Waals surface area (Å²) in [5, 5.41) is 12.6. The van der Waals surface area contributed by atoms with Gasteiger partial charge in [0, 0.05) is 37.6 Å². The summed E-state index contributed by atoms with van der Waals surface area (Å²) in [7, 11) is 3.76. The van der Waals surface area contributed by atoms with E-state index in [0.29, 0.717) is 17.8 Å². The molecule has 0 aliphatic carbocycles. The van der Waals surface area contributed by atoms with Crippen molar-refractivity contribution in [2.75, 3.05) is 7.05 Å². The van der Waals surface area contributed by atoms with Gasteiger partial charge in [-0.05, 0) is 50.4 Å². The average Bonchev–Trinajstić information content (AvgIpc) is 2.98. The summed E-state index contributed by atoms with van der Waals surface area (Å²) >= 11 is 5.50. The molecule has 1 amide bonds. The topological polar surface area (TPSA) is 62.2 Å². The quantitative estimate of drug-likeness (QED) is 0.793. The maximum Gasteiger partial charge on any atom is 0.272 e. The number of hydrogen-bond donors (Lipinski definition) is 2. The minimum Gasteiger partial charge on any atom is -0.366 e. The molecule has 138 valence electrons. The van der Waals surface area contributed by atoms with Crippen LogP contribution in [0.1, 0.15) is 42.6 Å². The monoisotopic (exact) mass is 371 g/mol. The van der Waals surface area contributed by atoms with Crippen LogP contribution in [0, 0.1) is 0 Å². The first kappa shape index (κ1) is 17.3. The second-order valence-corrected chi connectivity index (χ2v) is 7.72. The van der Waals surface area contributed by atoms with Crippen LogP contribution in [0.3, 0.4) is 0 Å². The third-order valence-electron chi connectivity index (χ3n) is 5.73. The van der Waals surface area contributed by atoms with Gasteiger partial charge in [0.1, 0.15) is 0 Å². The van der Waals surface area contributed by atoms with Gasteiger partial charge >= 0.3 is 0 Å². The van der Waals surface area contributed by atoms with Crippen molar-refractivity contribution in [3.05, 3.63) is 30.0 Å². The highest BCUT2D eigenvalue weighted by Crippen LogP contribution is 2.34. The second kappa shape index (κ2) is 6.87. The second-order valence-electron chi connectivity index (χ2n) is 7.33. The Morgan fingerprint density at radius 2 is 1.92 bits per heavy atom. The third kappa shape index (κ3) is 2.94. The lowest BCUT2D eigenvalue weighted by atomic mass is 9.82. The minimum atomic E-state index is -0.0745. The van der Waals surface area contributed by atoms with Gasteiger partial charge < -0.3 is 15.5 Å². The van der Waals surface area contributed by atoms with Crippen LogP contribution in [0.4, 0.5) is 0 Å². The summed E-state index contributed by atoms with van der Waals surface area (Å²) in [5.41, 5.74) is 1.49. The number of rotatable bonds is 2. The number of aryl methyl sites for hydroxylation is 1. The molecule has 2 N–H and O–H groups in total. The summed E-state index contributed by atoms with van der Waals surface area (Å²) < 4.78 is 1.77. The Morgan fingerprint density at radius 3 is 2.62 bits per heavy atom. The maximum atomic E-state index is 12.9. The van der Waals surface area contributed by atoms with E-state index in [1.54, 1.807) is 4.68 Å². The van der Waals surface area contributed by atoms with Crippen LogP contribution in [0.25, 0.3) is 10.9 Å². The number of amides is 1. The molecule has 2 aromatic rings. The van der Waals surface area contributed by atoms with Crippen molar-refractivity contribution in [3.8, 4) is 0 Å². The molecule has 7 heteroatoms. The molecule has 2 aliphatic rings. The van der Waals surface area contributed by atoms with Crippen molar-refractivity contribution in [2.24, 2.45) is 7.05 Å². The number of fused-ring (bicyclic) bond motifs is 3. The molecule has 2 atom stereocenters. The molecule has 3 heterocycles. The molecule has 0 radical (unpaired) electrons. The molecule has 26 heavy (non-hydrogen) atoms. The molecule has 2 saturated heterocycles. The van der Waals surface area contributed by atoms with E-state index in [4.69, 9.17) is 12.2 Å². The third-order valence-corrected chi connectivity index (χ3v) is 6.15. The SMILES string of the molecule is CNC(=S)N1C2CCCC1CC(NC(=O)c1nn(C)c3ccccc13)C2. The van der Waals surface area contributed by atoms with Crippen LogP contribution in [0.15, 0.2) is 24.3 Å². The maximum absolute atomic E-state index is 12.9. The van der Waals surface area contributed by atoms with E-state index in [1.165, 1.54) is 6.42 Å². The van der Waals surface area contributed by atoms with E-state index in [0.717, 1.165) is 41.7 Å². The van der Waals surface area contributed by atoms with E-state index in [-0.39, 0.29) is 11.9 Å². The van der Waals surface area contributed by atoms with Crippen LogP contribution < -0.4 is 10.6 Å². The highest BCUT2D eigenvalue weighted by molar-refractivity contribution is 7.80. The van der Waals surface area contributed by atoms with Crippen molar-refractivity contribution >= 4 is 34.1 Å². The molecule has 2 aliphatic heterocycles. The number of carbonyl (C=O) groups is 1. The smallest absolute Gasteiger partial charge is 0.272 e. The van der Waals surface area contributed by atoms with E-state index >= 15 is 0 Å². The molecule has 6 nitrogen and oxygen atoms in total. The van der Waals surface area contributed by atoms with Gasteiger partial charge in [-0.2, -0.15) is 5.10 Å². The fourth-order valence-electron chi connectivity index (χ4n) is 4.60. The Balaban J connectivity index is 1.51. The van der Waals surface area contributed by atoms with Gasteiger partial charge in [-0.15, -0.1) is 0 Å². The lowest BCUT2D eigenvalue weighted by Crippen LogP contribution is -2.60. The van der Waals surface area contributed by atoms with Crippen LogP contribution >= 0.6 is 12.2 Å². The zero-order chi connectivity index (χ0) is 18.3. The summed E-state index contributed by atoms with van der Waals surface area (Å²) in [5.74, 6) is -0.0745. The first-order valence-corrected chi connectivity index (χ1v) is 9.72. The fourth-order valence-corrected chi connectivity index (χ4v) is 4.89. The molecule has 2 unspecified atom stereocenters. The standard InChI is InChI=1S/C19H25N5OS/c1-20-19(26)24-13-6-5-7-14(24)11-12(10-13)21-18(25)17-15-8-3-4-9-16(15)23(2)22-17/h3-4,8-9,12-14H,5-7,10-11H2,1-2H3,(H,20,26)(H,21,25). The molecule has 0 saturated carbocycles. The highest BCUT2D eigenvalue weighted by atomic mass is 32.1. The van der Waals surface area contributed by atoms with Gasteiger partial charge in [-0.3, -0.25) is 9.48 Å². The summed E-state index contributed by atoms with van der Waals surface area (Å²) in [6.45, 7) is 0. The number of thiocarbonyl (C=S) groups is 1. The van der Waals surface area contributed by atoms with E-state index in [9.17, 15) is 4.79 Å². The lowest BCUT2D eigenvalue weighted by Gasteiger charge is -2.50. The largest absolute Gasteiger partial charge is 0.366 e. The Hall–Kier alpha value is -2.15. The highest BCUT2D eigenvalue weighted by Gasteiger charge is 2.40. The minimum absolute atomic E-state index is 0.0745. The van der Waals surface area contributed by atoms with Crippen molar-refractivity contribution < 1.29 is 4.79 Å². The molecule has 4 rings (SSSR count). The predicted molar refractivity (Wildman–Crippen MR) is 106 cm³/mol. The van der Waals surface area contributed by atoms with Crippen LogP contribution in [-0.4, -0.2) is 50.9 Å². The van der Waals surface area contributed by atoms with Gasteiger partial charge in [-0.25, -0.2) is 0 Å². The molecule has 2 bridgehead atoms. The van der Waals surface area contributed by atoms with Gasteiger partial charge in [0.2, 0.25) is 0 Å². The lowest BCUT2D eigenvalue weighted by molar-refractivity contribution is 0.0740. The number of para-hydroxylation sites is 1. The predicted octanol–water partition coefficient (Wildman–Crippen LogP) is 2.19. The van der Waals surface area contributed by atoms with Crippen molar-refractivity contribution in [2.45, 2.75) is 50.2 Å². The fraction of sp³-hybridized carbons (Fsp3) is 0.526. The summed E-state index contributed by atoms with van der Waals surface area (Å²) in [6.07, 6.45) is 5.39. The van der Waals surface area contributed by atoms with E-state index < -0.39 is 0 Å². The first-order valence-electron chi connectivity index (χ1n) is 9.31. The summed E-state index contributed by atoms with van der Waals surface area (Å²) in [4.78, 5) is 15.3. The Bertz CT molecular complexity index is 834. The molecular weight excluding hydrogens is 346 g/mol. The summed E-state index contributed by atoms with van der Waals surface area (Å²) in [6, 6.07) is 8.85. The van der Waals surface area contributed by atoms with Crippen molar-refractivity contribution in [1.82, 2.24) is 25.3 Å². The Morgan fingerprint density at radius 1 is 1.23 bits per heavy atom.